The van der Waals surface area contributed by atoms with Crippen LogP contribution in [0.2, 0.25) is 5.15 Å². The molecule has 0 aliphatic carbocycles. The van der Waals surface area contributed by atoms with Crippen LogP contribution in [-0.2, 0) is 23.1 Å². The molecule has 2 aromatic heterocycles. The third-order valence-corrected chi connectivity index (χ3v) is 5.24. The SMILES string of the molecule is O=S(=O)(c1cccnc1Cl)N1CCn2cnnc2C1. The largest absolute Gasteiger partial charge is 0.315 e. The second-order valence-corrected chi connectivity index (χ2v) is 6.34. The second-order valence-electron chi connectivity index (χ2n) is 4.07. The molecular weight excluding hydrogens is 290 g/mol. The van der Waals surface area contributed by atoms with E-state index in [0.717, 1.165) is 0 Å². The van der Waals surface area contributed by atoms with Crippen molar-refractivity contribution in [3.05, 3.63) is 35.6 Å². The summed E-state index contributed by atoms with van der Waals surface area (Å²) in [5.41, 5.74) is 0. The number of hydrogen-bond acceptors (Lipinski definition) is 5. The molecule has 0 bridgehead atoms. The average molecular weight is 300 g/mol. The lowest BCUT2D eigenvalue weighted by molar-refractivity contribution is 0.335. The minimum Gasteiger partial charge on any atom is -0.315 e. The van der Waals surface area contributed by atoms with Crippen LogP contribution in [0.4, 0.5) is 0 Å². The maximum atomic E-state index is 12.5. The van der Waals surface area contributed by atoms with Crippen LogP contribution in [0.5, 0.6) is 0 Å². The molecule has 1 aliphatic heterocycles. The zero-order chi connectivity index (χ0) is 13.5. The lowest BCUT2D eigenvalue weighted by Crippen LogP contribution is -2.38. The van der Waals surface area contributed by atoms with Gasteiger partial charge in [0, 0.05) is 19.3 Å². The minimum atomic E-state index is -3.66. The summed E-state index contributed by atoms with van der Waals surface area (Å²) in [6, 6.07) is 3.00. The number of rotatable bonds is 2. The topological polar surface area (TPSA) is 81.0 Å². The number of pyridine rings is 1. The molecule has 0 radical (unpaired) electrons. The molecule has 0 amide bonds. The van der Waals surface area contributed by atoms with Gasteiger partial charge in [-0.05, 0) is 12.1 Å². The molecule has 0 aromatic carbocycles. The summed E-state index contributed by atoms with van der Waals surface area (Å²) >= 11 is 5.86. The highest BCUT2D eigenvalue weighted by Crippen LogP contribution is 2.24. The third kappa shape index (κ3) is 2.11. The predicted molar refractivity (Wildman–Crippen MR) is 66.9 cm³/mol. The van der Waals surface area contributed by atoms with E-state index >= 15 is 0 Å². The van der Waals surface area contributed by atoms with Crippen LogP contribution in [0, 0.1) is 0 Å². The predicted octanol–water partition coefficient (Wildman–Crippen LogP) is 0.531. The zero-order valence-corrected chi connectivity index (χ0v) is 11.3. The first-order valence-electron chi connectivity index (χ1n) is 5.56. The fraction of sp³-hybridized carbons (Fsp3) is 0.300. The van der Waals surface area contributed by atoms with Crippen molar-refractivity contribution in [2.75, 3.05) is 6.54 Å². The van der Waals surface area contributed by atoms with E-state index in [-0.39, 0.29) is 16.6 Å². The van der Waals surface area contributed by atoms with Crippen LogP contribution < -0.4 is 0 Å². The zero-order valence-electron chi connectivity index (χ0n) is 9.77. The molecule has 0 N–H and O–H groups in total. The van der Waals surface area contributed by atoms with Crippen molar-refractivity contribution < 1.29 is 8.42 Å². The van der Waals surface area contributed by atoms with Crippen molar-refractivity contribution in [3.63, 3.8) is 0 Å². The summed E-state index contributed by atoms with van der Waals surface area (Å²) in [4.78, 5) is 3.82. The third-order valence-electron chi connectivity index (χ3n) is 2.95. The highest BCUT2D eigenvalue weighted by Gasteiger charge is 2.31. The van der Waals surface area contributed by atoms with E-state index in [2.05, 4.69) is 15.2 Å². The summed E-state index contributed by atoms with van der Waals surface area (Å²) in [6.45, 7) is 1.07. The number of nitrogens with zero attached hydrogens (tertiary/aromatic N) is 5. The molecule has 0 saturated carbocycles. The summed E-state index contributed by atoms with van der Waals surface area (Å²) in [7, 11) is -3.66. The summed E-state index contributed by atoms with van der Waals surface area (Å²) < 4.78 is 28.1. The first-order chi connectivity index (χ1) is 9.09. The Bertz CT molecular complexity index is 714. The Labute approximate surface area is 114 Å². The Morgan fingerprint density at radius 3 is 2.95 bits per heavy atom. The van der Waals surface area contributed by atoms with Crippen LogP contribution in [0.25, 0.3) is 0 Å². The van der Waals surface area contributed by atoms with Gasteiger partial charge in [-0.15, -0.1) is 10.2 Å². The van der Waals surface area contributed by atoms with Gasteiger partial charge in [-0.1, -0.05) is 11.6 Å². The van der Waals surface area contributed by atoms with E-state index in [0.29, 0.717) is 18.9 Å². The normalized spacial score (nSPS) is 16.3. The lowest BCUT2D eigenvalue weighted by atomic mass is 10.4. The van der Waals surface area contributed by atoms with Gasteiger partial charge in [0.1, 0.15) is 22.2 Å². The first kappa shape index (κ1) is 12.5. The molecule has 0 saturated heterocycles. The van der Waals surface area contributed by atoms with Gasteiger partial charge in [-0.2, -0.15) is 4.31 Å². The molecule has 0 spiro atoms. The molecular formula is C10H10ClN5O2S. The standard InChI is InChI=1S/C10H10ClN5O2S/c11-10-8(2-1-3-12-10)19(17,18)16-5-4-15-7-13-14-9(15)6-16/h1-3,7H,4-6H2. The molecule has 3 heterocycles. The van der Waals surface area contributed by atoms with Crippen molar-refractivity contribution >= 4 is 21.6 Å². The molecule has 3 rings (SSSR count). The van der Waals surface area contributed by atoms with Crippen molar-refractivity contribution in [2.24, 2.45) is 0 Å². The monoisotopic (exact) mass is 299 g/mol. The van der Waals surface area contributed by atoms with Crippen molar-refractivity contribution in [2.45, 2.75) is 18.0 Å². The van der Waals surface area contributed by atoms with Crippen LogP contribution in [0.3, 0.4) is 0 Å². The smallest absolute Gasteiger partial charge is 0.246 e. The van der Waals surface area contributed by atoms with Crippen LogP contribution in [0.15, 0.2) is 29.6 Å². The molecule has 9 heteroatoms. The molecule has 0 atom stereocenters. The molecule has 2 aromatic rings. The molecule has 100 valence electrons. The molecule has 0 fully saturated rings. The summed E-state index contributed by atoms with van der Waals surface area (Å²) in [5, 5.41) is 7.64. The van der Waals surface area contributed by atoms with Gasteiger partial charge in [-0.3, -0.25) is 0 Å². The Kier molecular flexibility index (Phi) is 3.00. The Morgan fingerprint density at radius 2 is 2.16 bits per heavy atom. The Morgan fingerprint density at radius 1 is 1.32 bits per heavy atom. The Hall–Kier alpha value is -1.51. The molecule has 19 heavy (non-hydrogen) atoms. The minimum absolute atomic E-state index is 0.0182. The average Bonchev–Trinajstić information content (AvgIpc) is 2.86. The van der Waals surface area contributed by atoms with E-state index < -0.39 is 10.0 Å². The summed E-state index contributed by atoms with van der Waals surface area (Å²) in [6.07, 6.45) is 3.05. The van der Waals surface area contributed by atoms with E-state index in [1.54, 1.807) is 12.4 Å². The first-order valence-corrected chi connectivity index (χ1v) is 7.38. The van der Waals surface area contributed by atoms with Crippen LogP contribution in [-0.4, -0.2) is 39.0 Å². The number of hydrogen-bond donors (Lipinski definition) is 0. The highest BCUT2D eigenvalue weighted by atomic mass is 35.5. The van der Waals surface area contributed by atoms with Crippen molar-refractivity contribution in [1.82, 2.24) is 24.1 Å². The van der Waals surface area contributed by atoms with Gasteiger partial charge in [0.2, 0.25) is 10.0 Å². The number of aromatic nitrogens is 4. The van der Waals surface area contributed by atoms with Gasteiger partial charge in [0.25, 0.3) is 0 Å². The highest BCUT2D eigenvalue weighted by molar-refractivity contribution is 7.89. The number of halogens is 1. The fourth-order valence-electron chi connectivity index (χ4n) is 1.95. The number of sulfonamides is 1. The molecule has 0 unspecified atom stereocenters. The van der Waals surface area contributed by atoms with E-state index in [1.165, 1.54) is 16.6 Å². The van der Waals surface area contributed by atoms with E-state index in [1.807, 2.05) is 4.57 Å². The maximum absolute atomic E-state index is 12.5. The molecule has 1 aliphatic rings. The van der Waals surface area contributed by atoms with Gasteiger partial charge in [-0.25, -0.2) is 13.4 Å². The number of fused-ring (bicyclic) bond motifs is 1. The Balaban J connectivity index is 1.97. The van der Waals surface area contributed by atoms with Crippen LogP contribution in [0.1, 0.15) is 5.82 Å². The van der Waals surface area contributed by atoms with E-state index in [4.69, 9.17) is 11.6 Å². The van der Waals surface area contributed by atoms with Gasteiger partial charge in [0.05, 0.1) is 6.54 Å². The summed E-state index contributed by atoms with van der Waals surface area (Å²) in [5.74, 6) is 0.620. The van der Waals surface area contributed by atoms with Crippen LogP contribution >= 0.6 is 11.6 Å². The van der Waals surface area contributed by atoms with Crippen molar-refractivity contribution in [1.29, 1.82) is 0 Å². The van der Waals surface area contributed by atoms with Crippen molar-refractivity contribution in [3.8, 4) is 0 Å². The second kappa shape index (κ2) is 4.55. The lowest BCUT2D eigenvalue weighted by Gasteiger charge is -2.26. The fourth-order valence-corrected chi connectivity index (χ4v) is 3.77. The van der Waals surface area contributed by atoms with E-state index in [9.17, 15) is 8.42 Å². The van der Waals surface area contributed by atoms with Gasteiger partial charge < -0.3 is 4.57 Å². The van der Waals surface area contributed by atoms with Gasteiger partial charge >= 0.3 is 0 Å². The quantitative estimate of drug-likeness (QED) is 0.756. The van der Waals surface area contributed by atoms with Gasteiger partial charge in [0.15, 0.2) is 0 Å². The maximum Gasteiger partial charge on any atom is 0.246 e. The molecule has 7 nitrogen and oxygen atoms in total.